The Balaban J connectivity index is 0.00000205. The lowest BCUT2D eigenvalue weighted by atomic mass is 9.93. The van der Waals surface area contributed by atoms with E-state index in [1.807, 2.05) is 44.2 Å². The molecule has 2 aliphatic rings. The molecule has 7 nitrogen and oxygen atoms in total. The first-order chi connectivity index (χ1) is 19.1. The third kappa shape index (κ3) is 7.22. The van der Waals surface area contributed by atoms with Crippen molar-refractivity contribution in [2.45, 2.75) is 78.0 Å². The maximum atomic E-state index is 13.1. The number of methoxy groups -OCH3 is 2. The van der Waals surface area contributed by atoms with Gasteiger partial charge in [0.1, 0.15) is 6.17 Å². The largest absolute Gasteiger partial charge is 0.493 e. The number of rotatable bonds is 10. The quantitative estimate of drug-likeness (QED) is 0.319. The van der Waals surface area contributed by atoms with E-state index in [2.05, 4.69) is 52.2 Å². The monoisotopic (exact) mass is 532 g/mol. The number of anilines is 2. The molecule has 0 saturated heterocycles. The first-order valence-electron chi connectivity index (χ1n) is 14.1. The Morgan fingerprint density at radius 1 is 1.10 bits per heavy atom. The summed E-state index contributed by atoms with van der Waals surface area (Å²) in [6.45, 7) is 10.3. The van der Waals surface area contributed by atoms with E-state index in [4.69, 9.17) is 9.47 Å². The summed E-state index contributed by atoms with van der Waals surface area (Å²) in [6, 6.07) is 12.0. The third-order valence-corrected chi connectivity index (χ3v) is 7.02. The number of hydrogen-bond donors (Lipinski definition) is 2. The molecule has 1 amide bonds. The second-order valence-corrected chi connectivity index (χ2v) is 9.40. The van der Waals surface area contributed by atoms with Crippen molar-refractivity contribution >= 4 is 23.0 Å². The molecule has 210 valence electrons. The lowest BCUT2D eigenvalue weighted by Crippen LogP contribution is -2.48. The van der Waals surface area contributed by atoms with Crippen LogP contribution >= 0.6 is 0 Å². The molecule has 1 fully saturated rings. The summed E-state index contributed by atoms with van der Waals surface area (Å²) in [5.74, 6) is 1.17. The van der Waals surface area contributed by atoms with Crippen molar-refractivity contribution in [1.29, 1.82) is 0 Å². The molecule has 0 aromatic heterocycles. The molecule has 1 heterocycles. The van der Waals surface area contributed by atoms with Gasteiger partial charge in [0, 0.05) is 24.4 Å². The standard InChI is InChI=1S/C30H38N4O3.C2H6/c1-5-7-13-24(31-6-2)29-33-25-19-22(15-16-26(25)34(29)23-11-9-8-10-12-23)30(35)32-20-21-14-17-27(36-3)28(18-21)37-4;1-2/h6-7,13-19,23,29,33H,2,5,8-12,20H2,1,3-4H3,(H,32,35);1-2H3/b13-7-,31-24?;. The van der Waals surface area contributed by atoms with Crippen molar-refractivity contribution in [1.82, 2.24) is 5.32 Å². The van der Waals surface area contributed by atoms with E-state index in [-0.39, 0.29) is 12.1 Å². The van der Waals surface area contributed by atoms with Gasteiger partial charge in [-0.15, -0.1) is 0 Å². The normalized spacial score (nSPS) is 17.1. The lowest BCUT2D eigenvalue weighted by Gasteiger charge is -2.37. The van der Waals surface area contributed by atoms with Crippen LogP contribution in [0.15, 0.2) is 66.3 Å². The fraction of sp³-hybridized carbons (Fsp3) is 0.438. The number of amides is 1. The van der Waals surface area contributed by atoms with Crippen LogP contribution in [0.2, 0.25) is 0 Å². The molecule has 0 bridgehead atoms. The van der Waals surface area contributed by atoms with Crippen LogP contribution in [0.4, 0.5) is 11.4 Å². The molecule has 1 unspecified atom stereocenters. The second-order valence-electron chi connectivity index (χ2n) is 9.40. The molecule has 39 heavy (non-hydrogen) atoms. The SMILES string of the molecule is C=CN=C(/C=C\CC)C1Nc2cc(C(=O)NCc3ccc(OC)c(OC)c3)ccc2N1C1CCCCC1.CC. The van der Waals surface area contributed by atoms with Crippen LogP contribution in [0.5, 0.6) is 11.5 Å². The molecule has 2 N–H and O–H groups in total. The molecule has 1 saturated carbocycles. The van der Waals surface area contributed by atoms with Crippen molar-refractivity contribution in [3.8, 4) is 11.5 Å². The number of aliphatic imine (C=N–C) groups is 1. The highest BCUT2D eigenvalue weighted by atomic mass is 16.5. The van der Waals surface area contributed by atoms with E-state index in [1.54, 1.807) is 20.4 Å². The van der Waals surface area contributed by atoms with E-state index in [0.717, 1.165) is 41.9 Å². The van der Waals surface area contributed by atoms with E-state index >= 15 is 0 Å². The average Bonchev–Trinajstić information content (AvgIpc) is 3.38. The minimum Gasteiger partial charge on any atom is -0.493 e. The number of allylic oxidation sites excluding steroid dienone is 1. The summed E-state index contributed by atoms with van der Waals surface area (Å²) in [7, 11) is 3.21. The highest BCUT2D eigenvalue weighted by Gasteiger charge is 2.37. The molecular weight excluding hydrogens is 488 g/mol. The van der Waals surface area contributed by atoms with Crippen LogP contribution in [-0.2, 0) is 6.54 Å². The van der Waals surface area contributed by atoms with Crippen LogP contribution in [0, 0.1) is 0 Å². The first kappa shape index (κ1) is 29.8. The van der Waals surface area contributed by atoms with Gasteiger partial charge in [-0.3, -0.25) is 9.79 Å². The van der Waals surface area contributed by atoms with Gasteiger partial charge in [-0.05, 0) is 61.2 Å². The van der Waals surface area contributed by atoms with Gasteiger partial charge in [0.25, 0.3) is 5.91 Å². The molecule has 2 aromatic rings. The van der Waals surface area contributed by atoms with Gasteiger partial charge >= 0.3 is 0 Å². The van der Waals surface area contributed by atoms with E-state index in [1.165, 1.54) is 19.3 Å². The van der Waals surface area contributed by atoms with Gasteiger partial charge in [0.05, 0.1) is 31.3 Å². The van der Waals surface area contributed by atoms with Crippen LogP contribution in [0.1, 0.15) is 75.2 Å². The Morgan fingerprint density at radius 3 is 2.51 bits per heavy atom. The van der Waals surface area contributed by atoms with Gasteiger partial charge in [-0.2, -0.15) is 0 Å². The molecule has 1 aliphatic heterocycles. The minimum absolute atomic E-state index is 0.0935. The smallest absolute Gasteiger partial charge is 0.251 e. The topological polar surface area (TPSA) is 75.2 Å². The number of nitrogens with one attached hydrogen (secondary N) is 2. The second kappa shape index (κ2) is 15.0. The van der Waals surface area contributed by atoms with Gasteiger partial charge in [0.2, 0.25) is 0 Å². The maximum Gasteiger partial charge on any atom is 0.251 e. The highest BCUT2D eigenvalue weighted by molar-refractivity contribution is 6.06. The van der Waals surface area contributed by atoms with E-state index < -0.39 is 0 Å². The predicted molar refractivity (Wildman–Crippen MR) is 162 cm³/mol. The van der Waals surface area contributed by atoms with Crippen molar-refractivity contribution in [2.24, 2.45) is 4.99 Å². The Hall–Kier alpha value is -3.74. The first-order valence-corrected chi connectivity index (χ1v) is 14.1. The Morgan fingerprint density at radius 2 is 1.85 bits per heavy atom. The molecule has 1 aliphatic carbocycles. The number of carbonyl (C=O) groups excluding carboxylic acids is 1. The van der Waals surface area contributed by atoms with Gasteiger partial charge < -0.3 is 25.0 Å². The van der Waals surface area contributed by atoms with Crippen LogP contribution in [0.25, 0.3) is 0 Å². The van der Waals surface area contributed by atoms with Crippen molar-refractivity contribution in [3.63, 3.8) is 0 Å². The number of ether oxygens (including phenoxy) is 2. The number of carbonyl (C=O) groups is 1. The summed E-state index contributed by atoms with van der Waals surface area (Å²) in [4.78, 5) is 20.2. The molecule has 7 heteroatoms. The Bertz CT molecular complexity index is 1170. The molecule has 1 atom stereocenters. The Kier molecular flexibility index (Phi) is 11.5. The van der Waals surface area contributed by atoms with E-state index in [9.17, 15) is 4.79 Å². The van der Waals surface area contributed by atoms with Crippen LogP contribution in [-0.4, -0.2) is 38.0 Å². The van der Waals surface area contributed by atoms with Gasteiger partial charge in [-0.1, -0.05) is 58.8 Å². The third-order valence-electron chi connectivity index (χ3n) is 7.02. The number of nitrogens with zero attached hydrogens (tertiary/aromatic N) is 2. The number of benzene rings is 2. The summed E-state index contributed by atoms with van der Waals surface area (Å²) in [6.07, 6.45) is 12.7. The lowest BCUT2D eigenvalue weighted by molar-refractivity contribution is 0.0951. The average molecular weight is 533 g/mol. The summed E-state index contributed by atoms with van der Waals surface area (Å²) < 4.78 is 10.7. The molecule has 4 rings (SSSR count). The maximum absolute atomic E-state index is 13.1. The zero-order valence-electron chi connectivity index (χ0n) is 24.1. The highest BCUT2D eigenvalue weighted by Crippen LogP contribution is 2.40. The van der Waals surface area contributed by atoms with Gasteiger partial charge in [-0.25, -0.2) is 0 Å². The van der Waals surface area contributed by atoms with Crippen molar-refractivity contribution < 1.29 is 14.3 Å². The van der Waals surface area contributed by atoms with Crippen molar-refractivity contribution in [3.05, 3.63) is 72.5 Å². The van der Waals surface area contributed by atoms with Crippen LogP contribution in [0.3, 0.4) is 0 Å². The zero-order valence-corrected chi connectivity index (χ0v) is 24.1. The molecule has 0 radical (unpaired) electrons. The Labute approximate surface area is 234 Å². The predicted octanol–water partition coefficient (Wildman–Crippen LogP) is 7.10. The summed E-state index contributed by atoms with van der Waals surface area (Å²) in [5, 5.41) is 6.69. The number of hydrogen-bond acceptors (Lipinski definition) is 6. The fourth-order valence-corrected chi connectivity index (χ4v) is 5.18. The zero-order chi connectivity index (χ0) is 28.2. The molecular formula is C32H44N4O3. The number of fused-ring (bicyclic) bond motifs is 1. The minimum atomic E-state index is -0.127. The van der Waals surface area contributed by atoms with Gasteiger partial charge in [0.15, 0.2) is 11.5 Å². The van der Waals surface area contributed by atoms with E-state index in [0.29, 0.717) is 29.6 Å². The molecule has 2 aromatic carbocycles. The summed E-state index contributed by atoms with van der Waals surface area (Å²) >= 11 is 0. The molecule has 0 spiro atoms. The summed E-state index contributed by atoms with van der Waals surface area (Å²) in [5.41, 5.74) is 4.55. The van der Waals surface area contributed by atoms with Crippen LogP contribution < -0.4 is 25.0 Å². The fourth-order valence-electron chi connectivity index (χ4n) is 5.18. The van der Waals surface area contributed by atoms with Crippen molar-refractivity contribution in [2.75, 3.05) is 24.4 Å².